The van der Waals surface area contributed by atoms with Crippen LogP contribution in [0.25, 0.3) is 56.0 Å². The Kier molecular flexibility index (Phi) is 4.70. The van der Waals surface area contributed by atoms with Gasteiger partial charge in [-0.2, -0.15) is 0 Å². The maximum Gasteiger partial charge on any atom is 0.190 e. The molecule has 0 aliphatic carbocycles. The molecule has 2 aromatic heterocycles. The summed E-state index contributed by atoms with van der Waals surface area (Å²) in [6.45, 7) is 0. The molecule has 0 bridgehead atoms. The highest BCUT2D eigenvalue weighted by Gasteiger charge is 2.10. The van der Waals surface area contributed by atoms with Gasteiger partial charge in [-0.15, -0.1) is 0 Å². The van der Waals surface area contributed by atoms with Crippen molar-refractivity contribution in [3.8, 4) is 33.9 Å². The Labute approximate surface area is 200 Å². The van der Waals surface area contributed by atoms with Gasteiger partial charge >= 0.3 is 0 Å². The van der Waals surface area contributed by atoms with Crippen molar-refractivity contribution in [2.45, 2.75) is 0 Å². The zero-order chi connectivity index (χ0) is 23.9. The summed E-state index contributed by atoms with van der Waals surface area (Å²) in [6.07, 6.45) is 0. The summed E-state index contributed by atoms with van der Waals surface area (Å²) >= 11 is 0. The maximum atomic E-state index is 7.44. The normalized spacial score (nSPS) is 11.2. The Hall–Kier alpha value is -5.11. The molecule has 0 spiro atoms. The average molecular weight is 459 g/mol. The number of rotatable bonds is 4. The van der Waals surface area contributed by atoms with E-state index >= 15 is 0 Å². The van der Waals surface area contributed by atoms with Gasteiger partial charge in [0.05, 0.1) is 22.1 Å². The molecule has 170 valence electrons. The summed E-state index contributed by atoms with van der Waals surface area (Å²) in [6, 6.07) is 27.7. The van der Waals surface area contributed by atoms with Crippen LogP contribution in [0.15, 0.2) is 84.9 Å². The second-order valence-corrected chi connectivity index (χ2v) is 8.38. The van der Waals surface area contributed by atoms with Gasteiger partial charge < -0.3 is 26.8 Å². The van der Waals surface area contributed by atoms with Crippen LogP contribution in [0.5, 0.6) is 0 Å². The van der Waals surface area contributed by atoms with Crippen molar-refractivity contribution in [2.24, 2.45) is 5.73 Å². The number of aromatic nitrogens is 4. The molecular weight excluding hydrogens is 436 g/mol. The van der Waals surface area contributed by atoms with E-state index in [0.29, 0.717) is 5.69 Å². The molecule has 8 nitrogen and oxygen atoms in total. The number of anilines is 2. The molecule has 0 aliphatic rings. The van der Waals surface area contributed by atoms with Crippen LogP contribution in [0, 0.1) is 5.41 Å². The number of aromatic amines is 2. The van der Waals surface area contributed by atoms with Gasteiger partial charge in [0.1, 0.15) is 11.6 Å². The molecule has 0 aliphatic heterocycles. The zero-order valence-corrected chi connectivity index (χ0v) is 18.6. The van der Waals surface area contributed by atoms with Crippen molar-refractivity contribution in [1.29, 1.82) is 5.41 Å². The van der Waals surface area contributed by atoms with Crippen LogP contribution in [0.2, 0.25) is 0 Å². The first-order valence-corrected chi connectivity index (χ1v) is 11.1. The minimum absolute atomic E-state index is 0.106. The lowest BCUT2D eigenvalue weighted by Crippen LogP contribution is -2.20. The molecular formula is C27H22N8. The SMILES string of the molecule is N=C(N)Nc1cccc(-c2nc3cc(-c4ccc5nc(-c6cccc(N)c6)[nH]c5c4)ccc3[nH]2)c1. The number of fused-ring (bicyclic) bond motifs is 2. The number of guanidine groups is 1. The molecule has 35 heavy (non-hydrogen) atoms. The van der Waals surface area contributed by atoms with Crippen molar-refractivity contribution in [1.82, 2.24) is 19.9 Å². The van der Waals surface area contributed by atoms with Crippen molar-refractivity contribution in [3.63, 3.8) is 0 Å². The third-order valence-corrected chi connectivity index (χ3v) is 5.87. The molecule has 0 saturated heterocycles. The lowest BCUT2D eigenvalue weighted by atomic mass is 10.0. The van der Waals surface area contributed by atoms with Crippen LogP contribution < -0.4 is 16.8 Å². The number of hydrogen-bond donors (Lipinski definition) is 6. The van der Waals surface area contributed by atoms with Crippen molar-refractivity contribution >= 4 is 39.4 Å². The molecule has 6 rings (SSSR count). The lowest BCUT2D eigenvalue weighted by molar-refractivity contribution is 1.33. The molecule has 8 heteroatoms. The topological polar surface area (TPSA) is 145 Å². The molecule has 4 aromatic carbocycles. The first kappa shape index (κ1) is 20.5. The van der Waals surface area contributed by atoms with E-state index in [1.165, 1.54) is 0 Å². The van der Waals surface area contributed by atoms with Crippen LogP contribution in [0.1, 0.15) is 0 Å². The number of nitrogens with zero attached hydrogens (tertiary/aromatic N) is 2. The highest BCUT2D eigenvalue weighted by molar-refractivity contribution is 5.91. The predicted molar refractivity (Wildman–Crippen MR) is 142 cm³/mol. The fraction of sp³-hybridized carbons (Fsp3) is 0. The van der Waals surface area contributed by atoms with Crippen LogP contribution in [0.4, 0.5) is 11.4 Å². The number of hydrogen-bond acceptors (Lipinski definition) is 4. The van der Waals surface area contributed by atoms with E-state index in [4.69, 9.17) is 26.8 Å². The second kappa shape index (κ2) is 8.03. The second-order valence-electron chi connectivity index (χ2n) is 8.38. The number of nitrogen functional groups attached to an aromatic ring is 1. The van der Waals surface area contributed by atoms with E-state index in [1.807, 2.05) is 60.7 Å². The van der Waals surface area contributed by atoms with Crippen LogP contribution >= 0.6 is 0 Å². The number of nitrogens with two attached hydrogens (primary N) is 2. The summed E-state index contributed by atoms with van der Waals surface area (Å²) in [5.41, 5.74) is 20.5. The van der Waals surface area contributed by atoms with Gasteiger partial charge in [0.2, 0.25) is 0 Å². The summed E-state index contributed by atoms with van der Waals surface area (Å²) in [5.74, 6) is 1.43. The summed E-state index contributed by atoms with van der Waals surface area (Å²) < 4.78 is 0. The largest absolute Gasteiger partial charge is 0.399 e. The number of nitrogens with one attached hydrogen (secondary N) is 4. The van der Waals surface area contributed by atoms with Crippen molar-refractivity contribution < 1.29 is 0 Å². The lowest BCUT2D eigenvalue weighted by Gasteiger charge is -2.04. The number of imidazole rings is 2. The minimum Gasteiger partial charge on any atom is -0.399 e. The van der Waals surface area contributed by atoms with Crippen LogP contribution in [-0.2, 0) is 0 Å². The van der Waals surface area contributed by atoms with Gasteiger partial charge in [-0.1, -0.05) is 36.4 Å². The van der Waals surface area contributed by atoms with Gasteiger partial charge in [0.15, 0.2) is 5.96 Å². The molecule has 0 amide bonds. The van der Waals surface area contributed by atoms with Crippen molar-refractivity contribution in [2.75, 3.05) is 11.1 Å². The van der Waals surface area contributed by atoms with Gasteiger partial charge in [0.25, 0.3) is 0 Å². The number of benzene rings is 4. The van der Waals surface area contributed by atoms with Gasteiger partial charge in [-0.25, -0.2) is 9.97 Å². The van der Waals surface area contributed by atoms with Crippen LogP contribution in [-0.4, -0.2) is 25.9 Å². The molecule has 0 saturated carbocycles. The Morgan fingerprint density at radius 2 is 1.37 bits per heavy atom. The Morgan fingerprint density at radius 1 is 0.686 bits per heavy atom. The van der Waals surface area contributed by atoms with Crippen molar-refractivity contribution in [3.05, 3.63) is 84.9 Å². The van der Waals surface area contributed by atoms with E-state index in [9.17, 15) is 0 Å². The third kappa shape index (κ3) is 3.93. The quantitative estimate of drug-likeness (QED) is 0.120. The minimum atomic E-state index is -0.106. The molecule has 0 fully saturated rings. The fourth-order valence-electron chi connectivity index (χ4n) is 4.23. The summed E-state index contributed by atoms with van der Waals surface area (Å²) in [7, 11) is 0. The smallest absolute Gasteiger partial charge is 0.190 e. The first-order valence-electron chi connectivity index (χ1n) is 11.1. The van der Waals surface area contributed by atoms with Gasteiger partial charge in [0, 0.05) is 22.5 Å². The monoisotopic (exact) mass is 458 g/mol. The molecule has 0 radical (unpaired) electrons. The number of H-pyrrole nitrogens is 2. The average Bonchev–Trinajstić information content (AvgIpc) is 3.47. The zero-order valence-electron chi connectivity index (χ0n) is 18.6. The Bertz CT molecular complexity index is 1730. The highest BCUT2D eigenvalue weighted by Crippen LogP contribution is 2.30. The highest BCUT2D eigenvalue weighted by atomic mass is 15.0. The van der Waals surface area contributed by atoms with E-state index in [0.717, 1.165) is 61.7 Å². The molecule has 6 aromatic rings. The predicted octanol–water partition coefficient (Wildman–Crippen LogP) is 5.33. The standard InChI is InChI=1S/C27H22N8/c28-19-5-1-3-17(11-19)25-32-21-9-7-15(13-23(21)34-25)16-8-10-22-24(14-16)35-26(33-22)18-4-2-6-20(12-18)31-27(29)30/h1-14H,28H2,(H,32,34)(H,33,35)(H4,29,30,31). The Morgan fingerprint density at radius 3 is 2.17 bits per heavy atom. The van der Waals surface area contributed by atoms with E-state index in [-0.39, 0.29) is 5.96 Å². The fourth-order valence-corrected chi connectivity index (χ4v) is 4.23. The Balaban J connectivity index is 1.34. The van der Waals surface area contributed by atoms with E-state index in [2.05, 4.69) is 39.6 Å². The molecule has 2 heterocycles. The third-order valence-electron chi connectivity index (χ3n) is 5.87. The van der Waals surface area contributed by atoms with Gasteiger partial charge in [-0.05, 0) is 59.7 Å². The van der Waals surface area contributed by atoms with Gasteiger partial charge in [-0.3, -0.25) is 5.41 Å². The molecule has 8 N–H and O–H groups in total. The van der Waals surface area contributed by atoms with E-state index in [1.54, 1.807) is 0 Å². The molecule has 0 atom stereocenters. The first-order chi connectivity index (χ1) is 17.0. The maximum absolute atomic E-state index is 7.44. The molecule has 0 unspecified atom stereocenters. The van der Waals surface area contributed by atoms with Crippen LogP contribution in [0.3, 0.4) is 0 Å². The summed E-state index contributed by atoms with van der Waals surface area (Å²) in [5, 5.41) is 10.2. The van der Waals surface area contributed by atoms with E-state index < -0.39 is 0 Å². The summed E-state index contributed by atoms with van der Waals surface area (Å²) in [4.78, 5) is 16.3.